The quantitative estimate of drug-likeness (QED) is 0.579. The third kappa shape index (κ3) is 3.00. The number of benzene rings is 1. The zero-order valence-electron chi connectivity index (χ0n) is 9.49. The second kappa shape index (κ2) is 5.90. The minimum atomic E-state index is -0.628. The summed E-state index contributed by atoms with van der Waals surface area (Å²) in [6.07, 6.45) is 0. The monoisotopic (exact) mass is 422 g/mol. The predicted octanol–water partition coefficient (Wildman–Crippen LogP) is 3.75. The number of nitro groups is 1. The highest BCUT2D eigenvalue weighted by atomic mass is 79.9. The van der Waals surface area contributed by atoms with Crippen LogP contribution in [0.3, 0.4) is 0 Å². The van der Waals surface area contributed by atoms with Gasteiger partial charge in [0.25, 0.3) is 11.6 Å². The first-order valence-electron chi connectivity index (χ1n) is 5.05. The number of halogens is 3. The van der Waals surface area contributed by atoms with Gasteiger partial charge < -0.3 is 5.32 Å². The second-order valence-corrected chi connectivity index (χ2v) is 5.60. The molecular weight excluding hydrogens is 419 g/mol. The molecule has 0 aliphatic rings. The Morgan fingerprint density at radius 2 is 2.15 bits per heavy atom. The fourth-order valence-corrected chi connectivity index (χ4v) is 2.20. The number of anilines is 1. The van der Waals surface area contributed by atoms with Crippen molar-refractivity contribution in [3.05, 3.63) is 48.1 Å². The minimum Gasteiger partial charge on any atom is -0.315 e. The number of hydrogen-bond acceptors (Lipinski definition) is 4. The Kier molecular flexibility index (Phi) is 4.41. The van der Waals surface area contributed by atoms with E-state index in [1.807, 2.05) is 0 Å². The largest absolute Gasteiger partial charge is 0.315 e. The van der Waals surface area contributed by atoms with Crippen LogP contribution in [0, 0.1) is 10.1 Å². The number of hydrogen-bond donors (Lipinski definition) is 2. The number of H-pyrrole nitrogens is 1. The summed E-state index contributed by atoms with van der Waals surface area (Å²) in [4.78, 5) is 22.3. The summed E-state index contributed by atoms with van der Waals surface area (Å²) in [5.74, 6) is -0.593. The van der Waals surface area contributed by atoms with Gasteiger partial charge in [-0.25, -0.2) is 0 Å². The summed E-state index contributed by atoms with van der Waals surface area (Å²) in [6.45, 7) is 0. The third-order valence-electron chi connectivity index (χ3n) is 2.29. The summed E-state index contributed by atoms with van der Waals surface area (Å²) in [5.41, 5.74) is -0.187. The number of carbonyl (C=O) groups is 1. The zero-order valence-corrected chi connectivity index (χ0v) is 13.4. The number of nitro benzene ring substituents is 1. The molecule has 2 N–H and O–H groups in total. The van der Waals surface area contributed by atoms with Crippen LogP contribution in [0.2, 0.25) is 5.02 Å². The van der Waals surface area contributed by atoms with E-state index in [4.69, 9.17) is 11.6 Å². The lowest BCUT2D eigenvalue weighted by molar-refractivity contribution is -0.383. The number of rotatable bonds is 3. The highest BCUT2D eigenvalue weighted by Gasteiger charge is 2.21. The fourth-order valence-electron chi connectivity index (χ4n) is 1.40. The number of carbonyl (C=O) groups excluding carboxylic acids is 1. The smallest absolute Gasteiger partial charge is 0.294 e. The van der Waals surface area contributed by atoms with E-state index in [-0.39, 0.29) is 22.1 Å². The molecule has 10 heteroatoms. The molecule has 1 amide bonds. The SMILES string of the molecule is O=C(Nc1ccc(Cl)cc1[N+](=O)[O-])c1n[nH]c(Br)c1Br. The molecule has 7 nitrogen and oxygen atoms in total. The van der Waals surface area contributed by atoms with E-state index in [0.717, 1.165) is 6.07 Å². The number of aromatic nitrogens is 2. The summed E-state index contributed by atoms with van der Waals surface area (Å²) in [5, 5.41) is 19.9. The lowest BCUT2D eigenvalue weighted by atomic mass is 10.2. The Morgan fingerprint density at radius 3 is 2.70 bits per heavy atom. The Bertz CT molecular complexity index is 704. The van der Waals surface area contributed by atoms with Crippen LogP contribution in [-0.4, -0.2) is 21.0 Å². The number of aromatic amines is 1. The van der Waals surface area contributed by atoms with E-state index in [9.17, 15) is 14.9 Å². The first kappa shape index (κ1) is 14.9. The summed E-state index contributed by atoms with van der Waals surface area (Å²) >= 11 is 12.0. The molecule has 2 aromatic rings. The second-order valence-electron chi connectivity index (χ2n) is 3.57. The number of nitrogens with zero attached hydrogens (tertiary/aromatic N) is 2. The molecule has 0 aliphatic carbocycles. The Labute approximate surface area is 134 Å². The van der Waals surface area contributed by atoms with Crippen LogP contribution >= 0.6 is 43.5 Å². The van der Waals surface area contributed by atoms with Gasteiger partial charge in [-0.3, -0.25) is 20.0 Å². The topological polar surface area (TPSA) is 101 Å². The van der Waals surface area contributed by atoms with Gasteiger partial charge in [-0.2, -0.15) is 5.10 Å². The molecule has 104 valence electrons. The van der Waals surface area contributed by atoms with Gasteiger partial charge in [0, 0.05) is 11.1 Å². The van der Waals surface area contributed by atoms with Gasteiger partial charge in [-0.15, -0.1) is 0 Å². The standard InChI is InChI=1S/C10H5Br2ClN4O3/c11-7-8(15-16-9(7)12)10(18)14-5-2-1-4(13)3-6(5)17(19)20/h1-3H,(H,14,18)(H,15,16). The lowest BCUT2D eigenvalue weighted by Gasteiger charge is -2.05. The maximum atomic E-state index is 12.0. The maximum absolute atomic E-state index is 12.0. The van der Waals surface area contributed by atoms with Crippen molar-refractivity contribution in [2.24, 2.45) is 0 Å². The molecule has 1 heterocycles. The average Bonchev–Trinajstić information content (AvgIpc) is 2.72. The summed E-state index contributed by atoms with van der Waals surface area (Å²) in [7, 11) is 0. The Balaban J connectivity index is 2.33. The first-order chi connectivity index (χ1) is 9.40. The van der Waals surface area contributed by atoms with Gasteiger partial charge in [-0.1, -0.05) is 11.6 Å². The van der Waals surface area contributed by atoms with Crippen molar-refractivity contribution in [3.63, 3.8) is 0 Å². The normalized spacial score (nSPS) is 10.3. The van der Waals surface area contributed by atoms with Crippen molar-refractivity contribution >= 4 is 60.7 Å². The average molecular weight is 424 g/mol. The molecule has 20 heavy (non-hydrogen) atoms. The highest BCUT2D eigenvalue weighted by molar-refractivity contribution is 9.13. The molecular formula is C10H5Br2ClN4O3. The van der Waals surface area contributed by atoms with Crippen LogP contribution in [0.1, 0.15) is 10.5 Å². The Morgan fingerprint density at radius 1 is 1.45 bits per heavy atom. The van der Waals surface area contributed by atoms with Crippen LogP contribution in [0.15, 0.2) is 27.3 Å². The minimum absolute atomic E-state index is 0.0374. The molecule has 0 unspecified atom stereocenters. The highest BCUT2D eigenvalue weighted by Crippen LogP contribution is 2.29. The molecule has 0 saturated heterocycles. The van der Waals surface area contributed by atoms with Crippen molar-refractivity contribution < 1.29 is 9.72 Å². The zero-order chi connectivity index (χ0) is 14.9. The Hall–Kier alpha value is -1.45. The van der Waals surface area contributed by atoms with Crippen LogP contribution in [-0.2, 0) is 0 Å². The maximum Gasteiger partial charge on any atom is 0.294 e. The van der Waals surface area contributed by atoms with Gasteiger partial charge in [-0.05, 0) is 44.0 Å². The predicted molar refractivity (Wildman–Crippen MR) is 80.0 cm³/mol. The van der Waals surface area contributed by atoms with E-state index in [1.54, 1.807) is 0 Å². The van der Waals surface area contributed by atoms with E-state index in [1.165, 1.54) is 12.1 Å². The molecule has 0 bridgehead atoms. The number of nitrogens with one attached hydrogen (secondary N) is 2. The molecule has 0 spiro atoms. The molecule has 2 rings (SSSR count). The molecule has 0 saturated carbocycles. The van der Waals surface area contributed by atoms with Gasteiger partial charge >= 0.3 is 0 Å². The van der Waals surface area contributed by atoms with Crippen LogP contribution in [0.25, 0.3) is 0 Å². The van der Waals surface area contributed by atoms with Gasteiger partial charge in [0.1, 0.15) is 10.3 Å². The van der Waals surface area contributed by atoms with Gasteiger partial charge in [0.15, 0.2) is 5.69 Å². The van der Waals surface area contributed by atoms with Gasteiger partial charge in [0.05, 0.1) is 9.40 Å². The van der Waals surface area contributed by atoms with E-state index in [2.05, 4.69) is 47.4 Å². The van der Waals surface area contributed by atoms with Crippen molar-refractivity contribution in [1.82, 2.24) is 10.2 Å². The fraction of sp³-hybridized carbons (Fsp3) is 0. The van der Waals surface area contributed by atoms with Crippen molar-refractivity contribution in [2.75, 3.05) is 5.32 Å². The molecule has 1 aromatic carbocycles. The molecule has 0 radical (unpaired) electrons. The van der Waals surface area contributed by atoms with Crippen LogP contribution < -0.4 is 5.32 Å². The third-order valence-corrected chi connectivity index (χ3v) is 4.40. The molecule has 0 atom stereocenters. The van der Waals surface area contributed by atoms with Gasteiger partial charge in [0.2, 0.25) is 0 Å². The van der Waals surface area contributed by atoms with Crippen LogP contribution in [0.4, 0.5) is 11.4 Å². The molecule has 0 aliphatic heterocycles. The number of amides is 1. The van der Waals surface area contributed by atoms with Crippen LogP contribution in [0.5, 0.6) is 0 Å². The van der Waals surface area contributed by atoms with E-state index in [0.29, 0.717) is 9.08 Å². The summed E-state index contributed by atoms with van der Waals surface area (Å²) < 4.78 is 0.917. The summed E-state index contributed by atoms with van der Waals surface area (Å²) in [6, 6.07) is 3.96. The van der Waals surface area contributed by atoms with E-state index >= 15 is 0 Å². The van der Waals surface area contributed by atoms with E-state index < -0.39 is 10.8 Å². The first-order valence-corrected chi connectivity index (χ1v) is 7.01. The van der Waals surface area contributed by atoms with Crippen molar-refractivity contribution in [2.45, 2.75) is 0 Å². The van der Waals surface area contributed by atoms with Crippen molar-refractivity contribution in [3.8, 4) is 0 Å². The van der Waals surface area contributed by atoms with Crippen molar-refractivity contribution in [1.29, 1.82) is 0 Å². The lowest BCUT2D eigenvalue weighted by Crippen LogP contribution is -2.14. The molecule has 1 aromatic heterocycles. The molecule has 0 fully saturated rings.